The van der Waals surface area contributed by atoms with Crippen LogP contribution in [0.5, 0.6) is 0 Å². The Kier molecular flexibility index (Phi) is 2.44. The molecule has 0 saturated carbocycles. The maximum absolute atomic E-state index is 5.97. The minimum Gasteiger partial charge on any atom is -0.359 e. The van der Waals surface area contributed by atoms with Crippen LogP contribution in [0.1, 0.15) is 24.9 Å². The summed E-state index contributed by atoms with van der Waals surface area (Å²) in [5.41, 5.74) is 7.89. The van der Waals surface area contributed by atoms with Crippen LogP contribution in [-0.2, 0) is 0 Å². The SMILES string of the molecule is CCC(N)c1cnc(Cl)c2[nH]ccc12. The molecular formula is C10H12ClN3. The van der Waals surface area contributed by atoms with Gasteiger partial charge in [-0.1, -0.05) is 18.5 Å². The zero-order valence-corrected chi connectivity index (χ0v) is 8.67. The van der Waals surface area contributed by atoms with Crippen molar-refractivity contribution in [3.05, 3.63) is 29.2 Å². The van der Waals surface area contributed by atoms with Gasteiger partial charge < -0.3 is 10.7 Å². The molecule has 2 heterocycles. The number of aromatic nitrogens is 2. The molecule has 0 aliphatic heterocycles. The third kappa shape index (κ3) is 1.38. The molecule has 0 bridgehead atoms. The zero-order valence-electron chi connectivity index (χ0n) is 7.92. The predicted octanol–water partition coefficient (Wildman–Crippen LogP) is 2.63. The summed E-state index contributed by atoms with van der Waals surface area (Å²) in [6.45, 7) is 2.05. The van der Waals surface area contributed by atoms with Crippen molar-refractivity contribution in [2.24, 2.45) is 5.73 Å². The van der Waals surface area contributed by atoms with Crippen LogP contribution in [0.15, 0.2) is 18.5 Å². The van der Waals surface area contributed by atoms with E-state index in [-0.39, 0.29) is 6.04 Å². The van der Waals surface area contributed by atoms with Crippen molar-refractivity contribution < 1.29 is 0 Å². The first-order valence-electron chi connectivity index (χ1n) is 4.61. The fourth-order valence-corrected chi connectivity index (χ4v) is 1.76. The van der Waals surface area contributed by atoms with E-state index in [0.29, 0.717) is 5.15 Å². The van der Waals surface area contributed by atoms with E-state index < -0.39 is 0 Å². The molecule has 0 aliphatic rings. The average molecular weight is 210 g/mol. The minimum absolute atomic E-state index is 0.0260. The molecule has 2 aromatic rings. The molecule has 0 aliphatic carbocycles. The normalized spacial score (nSPS) is 13.4. The summed E-state index contributed by atoms with van der Waals surface area (Å²) in [5.74, 6) is 0. The van der Waals surface area contributed by atoms with Gasteiger partial charge in [0, 0.05) is 23.8 Å². The van der Waals surface area contributed by atoms with Crippen molar-refractivity contribution in [1.29, 1.82) is 0 Å². The molecule has 0 radical (unpaired) electrons. The van der Waals surface area contributed by atoms with Gasteiger partial charge in [0.05, 0.1) is 5.52 Å². The molecule has 4 heteroatoms. The number of nitrogens with one attached hydrogen (secondary N) is 1. The molecule has 2 rings (SSSR count). The second-order valence-electron chi connectivity index (χ2n) is 3.29. The monoisotopic (exact) mass is 209 g/mol. The summed E-state index contributed by atoms with van der Waals surface area (Å²) in [4.78, 5) is 7.16. The van der Waals surface area contributed by atoms with Gasteiger partial charge in [0.15, 0.2) is 5.15 Å². The van der Waals surface area contributed by atoms with Gasteiger partial charge in [0.25, 0.3) is 0 Å². The van der Waals surface area contributed by atoms with Crippen molar-refractivity contribution in [1.82, 2.24) is 9.97 Å². The molecule has 1 unspecified atom stereocenters. The predicted molar refractivity (Wildman–Crippen MR) is 58.3 cm³/mol. The Hall–Kier alpha value is -1.06. The molecule has 3 nitrogen and oxygen atoms in total. The molecule has 2 aromatic heterocycles. The Labute approximate surface area is 87.3 Å². The lowest BCUT2D eigenvalue weighted by Gasteiger charge is -2.10. The second kappa shape index (κ2) is 3.59. The Balaban J connectivity index is 2.66. The molecule has 0 spiro atoms. The van der Waals surface area contributed by atoms with Crippen molar-refractivity contribution in [3.8, 4) is 0 Å². The number of hydrogen-bond acceptors (Lipinski definition) is 2. The largest absolute Gasteiger partial charge is 0.359 e. The number of rotatable bonds is 2. The number of nitrogens with two attached hydrogens (primary N) is 1. The molecule has 3 N–H and O–H groups in total. The van der Waals surface area contributed by atoms with Gasteiger partial charge >= 0.3 is 0 Å². The van der Waals surface area contributed by atoms with Gasteiger partial charge in [-0.2, -0.15) is 0 Å². The molecule has 14 heavy (non-hydrogen) atoms. The van der Waals surface area contributed by atoms with Crippen LogP contribution in [-0.4, -0.2) is 9.97 Å². The van der Waals surface area contributed by atoms with E-state index >= 15 is 0 Å². The summed E-state index contributed by atoms with van der Waals surface area (Å²) < 4.78 is 0. The van der Waals surface area contributed by atoms with E-state index in [0.717, 1.165) is 22.9 Å². The van der Waals surface area contributed by atoms with Gasteiger partial charge in [0.1, 0.15) is 0 Å². The van der Waals surface area contributed by atoms with Crippen LogP contribution in [0.3, 0.4) is 0 Å². The van der Waals surface area contributed by atoms with E-state index in [1.807, 2.05) is 12.3 Å². The zero-order chi connectivity index (χ0) is 10.1. The molecule has 1 atom stereocenters. The first-order valence-corrected chi connectivity index (χ1v) is 4.99. The second-order valence-corrected chi connectivity index (χ2v) is 3.64. The lowest BCUT2D eigenvalue weighted by atomic mass is 10.0. The summed E-state index contributed by atoms with van der Waals surface area (Å²) in [5, 5.41) is 1.57. The van der Waals surface area contributed by atoms with Gasteiger partial charge in [0.2, 0.25) is 0 Å². The first kappa shape index (κ1) is 9.49. The Bertz CT molecular complexity index is 450. The third-order valence-electron chi connectivity index (χ3n) is 2.42. The third-order valence-corrected chi connectivity index (χ3v) is 2.71. The summed E-state index contributed by atoms with van der Waals surface area (Å²) in [7, 11) is 0. The topological polar surface area (TPSA) is 54.7 Å². The first-order chi connectivity index (χ1) is 6.74. The lowest BCUT2D eigenvalue weighted by Crippen LogP contribution is -2.09. The van der Waals surface area contributed by atoms with Crippen molar-refractivity contribution in [2.45, 2.75) is 19.4 Å². The lowest BCUT2D eigenvalue weighted by molar-refractivity contribution is 0.701. The van der Waals surface area contributed by atoms with Crippen LogP contribution in [0.25, 0.3) is 10.9 Å². The van der Waals surface area contributed by atoms with E-state index in [1.54, 1.807) is 6.20 Å². The summed E-state index contributed by atoms with van der Waals surface area (Å²) in [6.07, 6.45) is 4.50. The molecular weight excluding hydrogens is 198 g/mol. The van der Waals surface area contributed by atoms with Crippen LogP contribution in [0.4, 0.5) is 0 Å². The quantitative estimate of drug-likeness (QED) is 0.748. The van der Waals surface area contributed by atoms with Gasteiger partial charge in [-0.25, -0.2) is 4.98 Å². The Morgan fingerprint density at radius 2 is 2.43 bits per heavy atom. The van der Waals surface area contributed by atoms with E-state index in [9.17, 15) is 0 Å². The number of nitrogens with zero attached hydrogens (tertiary/aromatic N) is 1. The number of H-pyrrole nitrogens is 1. The van der Waals surface area contributed by atoms with Crippen LogP contribution in [0.2, 0.25) is 5.15 Å². The summed E-state index contributed by atoms with van der Waals surface area (Å²) in [6, 6.07) is 2.01. The number of pyridine rings is 1. The fraction of sp³-hybridized carbons (Fsp3) is 0.300. The van der Waals surface area contributed by atoms with Crippen molar-refractivity contribution in [2.75, 3.05) is 0 Å². The molecule has 0 aromatic carbocycles. The van der Waals surface area contributed by atoms with Crippen molar-refractivity contribution >= 4 is 22.5 Å². The number of aromatic amines is 1. The molecule has 0 saturated heterocycles. The van der Waals surface area contributed by atoms with Gasteiger partial charge in [-0.3, -0.25) is 0 Å². The number of halogens is 1. The van der Waals surface area contributed by atoms with Crippen molar-refractivity contribution in [3.63, 3.8) is 0 Å². The molecule has 0 amide bonds. The maximum Gasteiger partial charge on any atom is 0.153 e. The van der Waals surface area contributed by atoms with E-state index in [4.69, 9.17) is 17.3 Å². The Morgan fingerprint density at radius 3 is 3.14 bits per heavy atom. The molecule has 74 valence electrons. The fourth-order valence-electron chi connectivity index (χ4n) is 1.56. The number of fused-ring (bicyclic) bond motifs is 1. The average Bonchev–Trinajstić information content (AvgIpc) is 2.67. The minimum atomic E-state index is 0.0260. The Morgan fingerprint density at radius 1 is 1.64 bits per heavy atom. The standard InChI is InChI=1S/C10H12ClN3/c1-2-8(12)7-5-14-10(11)9-6(7)3-4-13-9/h3-5,8,13H,2,12H2,1H3. The van der Waals surface area contributed by atoms with Gasteiger partial charge in [-0.05, 0) is 18.1 Å². The van der Waals surface area contributed by atoms with E-state index in [2.05, 4.69) is 16.9 Å². The highest BCUT2D eigenvalue weighted by Gasteiger charge is 2.11. The smallest absolute Gasteiger partial charge is 0.153 e. The van der Waals surface area contributed by atoms with Crippen LogP contribution < -0.4 is 5.73 Å². The highest BCUT2D eigenvalue weighted by atomic mass is 35.5. The maximum atomic E-state index is 5.97. The van der Waals surface area contributed by atoms with Crippen LogP contribution in [0, 0.1) is 0 Å². The highest BCUT2D eigenvalue weighted by molar-refractivity contribution is 6.33. The van der Waals surface area contributed by atoms with E-state index in [1.165, 1.54) is 0 Å². The number of hydrogen-bond donors (Lipinski definition) is 2. The van der Waals surface area contributed by atoms with Gasteiger partial charge in [-0.15, -0.1) is 0 Å². The summed E-state index contributed by atoms with van der Waals surface area (Å²) >= 11 is 5.94. The van der Waals surface area contributed by atoms with Crippen LogP contribution >= 0.6 is 11.6 Å². The molecule has 0 fully saturated rings. The highest BCUT2D eigenvalue weighted by Crippen LogP contribution is 2.27.